The number of nitrogens with one attached hydrogen (secondary N) is 1. The zero-order valence-electron chi connectivity index (χ0n) is 7.96. The molecule has 1 atom stereocenters. The van der Waals surface area contributed by atoms with E-state index in [1.54, 1.807) is 0 Å². The van der Waals surface area contributed by atoms with Gasteiger partial charge in [-0.2, -0.15) is 0 Å². The number of carbonyl (C=O) groups excluding carboxylic acids is 1. The lowest BCUT2D eigenvalue weighted by Crippen LogP contribution is -2.40. The number of rotatable bonds is 3. The van der Waals surface area contributed by atoms with Crippen LogP contribution < -0.4 is 16.0 Å². The van der Waals surface area contributed by atoms with Gasteiger partial charge in [-0.25, -0.2) is 10.2 Å². The Morgan fingerprint density at radius 3 is 2.87 bits per heavy atom. The van der Waals surface area contributed by atoms with Crippen LogP contribution in [0.2, 0.25) is 5.02 Å². The molecule has 0 radical (unpaired) electrons. The Morgan fingerprint density at radius 2 is 2.33 bits per heavy atom. The second-order valence-corrected chi connectivity index (χ2v) is 3.23. The molecule has 0 aliphatic rings. The molecular weight excluding hydrogens is 223 g/mol. The van der Waals surface area contributed by atoms with E-state index in [1.807, 2.05) is 5.43 Å². The SMILES string of the molecule is CC(Oc1c(F)cccc1Cl)C(=O)NN. The van der Waals surface area contributed by atoms with Crippen molar-refractivity contribution in [2.45, 2.75) is 13.0 Å². The molecule has 1 amide bonds. The summed E-state index contributed by atoms with van der Waals surface area (Å²) in [6, 6.07) is 4.10. The lowest BCUT2D eigenvalue weighted by atomic mass is 10.3. The average Bonchev–Trinajstić information content (AvgIpc) is 2.22. The van der Waals surface area contributed by atoms with Crippen molar-refractivity contribution in [3.05, 3.63) is 29.0 Å². The normalized spacial score (nSPS) is 12.0. The summed E-state index contributed by atoms with van der Waals surface area (Å²) in [4.78, 5) is 11.0. The molecule has 0 bridgehead atoms. The van der Waals surface area contributed by atoms with Crippen LogP contribution >= 0.6 is 11.6 Å². The van der Waals surface area contributed by atoms with E-state index >= 15 is 0 Å². The van der Waals surface area contributed by atoms with Gasteiger partial charge in [-0.1, -0.05) is 17.7 Å². The predicted molar refractivity (Wildman–Crippen MR) is 53.8 cm³/mol. The van der Waals surface area contributed by atoms with E-state index < -0.39 is 17.8 Å². The lowest BCUT2D eigenvalue weighted by Gasteiger charge is -2.14. The third-order valence-corrected chi connectivity index (χ3v) is 2.02. The van der Waals surface area contributed by atoms with Gasteiger partial charge in [0.05, 0.1) is 5.02 Å². The van der Waals surface area contributed by atoms with E-state index in [4.69, 9.17) is 22.2 Å². The van der Waals surface area contributed by atoms with Crippen molar-refractivity contribution in [2.24, 2.45) is 5.84 Å². The lowest BCUT2D eigenvalue weighted by molar-refractivity contribution is -0.127. The van der Waals surface area contributed by atoms with Crippen molar-refractivity contribution in [3.8, 4) is 5.75 Å². The van der Waals surface area contributed by atoms with Crippen LogP contribution in [0.4, 0.5) is 4.39 Å². The summed E-state index contributed by atoms with van der Waals surface area (Å²) >= 11 is 5.69. The Morgan fingerprint density at radius 1 is 1.67 bits per heavy atom. The Labute approximate surface area is 91.1 Å². The zero-order chi connectivity index (χ0) is 11.4. The number of benzene rings is 1. The number of amides is 1. The zero-order valence-corrected chi connectivity index (χ0v) is 8.72. The largest absolute Gasteiger partial charge is 0.476 e. The number of hydrogen-bond donors (Lipinski definition) is 2. The summed E-state index contributed by atoms with van der Waals surface area (Å²) in [5.41, 5.74) is 1.89. The molecule has 0 spiro atoms. The highest BCUT2D eigenvalue weighted by Gasteiger charge is 2.17. The molecule has 6 heteroatoms. The Hall–Kier alpha value is -1.33. The second kappa shape index (κ2) is 4.95. The van der Waals surface area contributed by atoms with Gasteiger partial charge < -0.3 is 4.74 Å². The van der Waals surface area contributed by atoms with Gasteiger partial charge in [-0.05, 0) is 19.1 Å². The van der Waals surface area contributed by atoms with Gasteiger partial charge in [0.25, 0.3) is 5.91 Å². The van der Waals surface area contributed by atoms with Crippen LogP contribution in [0.25, 0.3) is 0 Å². The fraction of sp³-hybridized carbons (Fsp3) is 0.222. The molecule has 82 valence electrons. The highest BCUT2D eigenvalue weighted by molar-refractivity contribution is 6.32. The maximum Gasteiger partial charge on any atom is 0.274 e. The van der Waals surface area contributed by atoms with Crippen LogP contribution in [0.3, 0.4) is 0 Å². The van der Waals surface area contributed by atoms with Gasteiger partial charge in [0.2, 0.25) is 0 Å². The Balaban J connectivity index is 2.85. The molecule has 3 N–H and O–H groups in total. The predicted octanol–water partition coefficient (Wildman–Crippen LogP) is 1.24. The first-order chi connectivity index (χ1) is 7.06. The van der Waals surface area contributed by atoms with Crippen LogP contribution in [-0.4, -0.2) is 12.0 Å². The fourth-order valence-corrected chi connectivity index (χ4v) is 1.15. The second-order valence-electron chi connectivity index (χ2n) is 2.82. The maximum atomic E-state index is 13.2. The van der Waals surface area contributed by atoms with Crippen molar-refractivity contribution >= 4 is 17.5 Å². The van der Waals surface area contributed by atoms with Crippen LogP contribution in [0, 0.1) is 5.82 Å². The van der Waals surface area contributed by atoms with Gasteiger partial charge >= 0.3 is 0 Å². The molecule has 1 aromatic rings. The molecule has 0 saturated heterocycles. The van der Waals surface area contributed by atoms with Gasteiger partial charge in [0, 0.05) is 0 Å². The van der Waals surface area contributed by atoms with Gasteiger partial charge in [0.1, 0.15) is 0 Å². The molecule has 1 rings (SSSR count). The molecule has 0 saturated carbocycles. The van der Waals surface area contributed by atoms with Crippen LogP contribution in [0.5, 0.6) is 5.75 Å². The first kappa shape index (κ1) is 11.7. The Bertz CT molecular complexity index is 353. The molecule has 1 aromatic carbocycles. The molecule has 0 fully saturated rings. The number of carbonyl (C=O) groups is 1. The number of hydrazine groups is 1. The minimum Gasteiger partial charge on any atom is -0.476 e. The number of ether oxygens (including phenoxy) is 1. The maximum absolute atomic E-state index is 13.2. The van der Waals surface area contributed by atoms with E-state index in [0.717, 1.165) is 0 Å². The van der Waals surface area contributed by atoms with Crippen molar-refractivity contribution in [2.75, 3.05) is 0 Å². The number of halogens is 2. The molecule has 1 unspecified atom stereocenters. The number of hydrogen-bond acceptors (Lipinski definition) is 3. The number of nitrogens with two attached hydrogens (primary N) is 1. The summed E-state index contributed by atoms with van der Waals surface area (Å²) in [5, 5.41) is 0.103. The van der Waals surface area contributed by atoms with E-state index in [9.17, 15) is 9.18 Å². The highest BCUT2D eigenvalue weighted by atomic mass is 35.5. The van der Waals surface area contributed by atoms with E-state index in [2.05, 4.69) is 0 Å². The average molecular weight is 233 g/mol. The summed E-state index contributed by atoms with van der Waals surface area (Å²) in [7, 11) is 0. The first-order valence-corrected chi connectivity index (χ1v) is 4.55. The van der Waals surface area contributed by atoms with Gasteiger partial charge in [-0.3, -0.25) is 10.2 Å². The van der Waals surface area contributed by atoms with Crippen molar-refractivity contribution in [3.63, 3.8) is 0 Å². The summed E-state index contributed by atoms with van der Waals surface area (Å²) in [6.07, 6.45) is -0.913. The topological polar surface area (TPSA) is 64.3 Å². The quantitative estimate of drug-likeness (QED) is 0.468. The molecule has 4 nitrogen and oxygen atoms in total. The minimum atomic E-state index is -0.913. The van der Waals surface area contributed by atoms with Gasteiger partial charge in [-0.15, -0.1) is 0 Å². The molecule has 15 heavy (non-hydrogen) atoms. The third kappa shape index (κ3) is 2.81. The van der Waals surface area contributed by atoms with Gasteiger partial charge in [0.15, 0.2) is 17.7 Å². The Kier molecular flexibility index (Phi) is 3.88. The van der Waals surface area contributed by atoms with Crippen LogP contribution in [0.1, 0.15) is 6.92 Å². The molecular formula is C9H10ClFN2O2. The minimum absolute atomic E-state index is 0.103. The summed E-state index contributed by atoms with van der Waals surface area (Å²) < 4.78 is 18.2. The standard InChI is InChI=1S/C9H10ClFN2O2/c1-5(9(14)13-12)15-8-6(10)3-2-4-7(8)11/h2-5H,12H2,1H3,(H,13,14). The van der Waals surface area contributed by atoms with E-state index in [0.29, 0.717) is 0 Å². The van der Waals surface area contributed by atoms with Crippen molar-refractivity contribution < 1.29 is 13.9 Å². The van der Waals surface area contributed by atoms with Crippen LogP contribution in [0.15, 0.2) is 18.2 Å². The fourth-order valence-electron chi connectivity index (χ4n) is 0.943. The molecule has 0 aromatic heterocycles. The summed E-state index contributed by atoms with van der Waals surface area (Å²) in [5.74, 6) is 3.55. The summed E-state index contributed by atoms with van der Waals surface area (Å²) in [6.45, 7) is 1.44. The molecule has 0 heterocycles. The molecule has 0 aliphatic heterocycles. The van der Waals surface area contributed by atoms with Crippen molar-refractivity contribution in [1.82, 2.24) is 5.43 Å². The highest BCUT2D eigenvalue weighted by Crippen LogP contribution is 2.28. The third-order valence-electron chi connectivity index (χ3n) is 1.73. The van der Waals surface area contributed by atoms with E-state index in [-0.39, 0.29) is 10.8 Å². The monoisotopic (exact) mass is 232 g/mol. The van der Waals surface area contributed by atoms with E-state index in [1.165, 1.54) is 25.1 Å². The smallest absolute Gasteiger partial charge is 0.274 e. The first-order valence-electron chi connectivity index (χ1n) is 4.17. The van der Waals surface area contributed by atoms with Crippen molar-refractivity contribution in [1.29, 1.82) is 0 Å². The molecule has 0 aliphatic carbocycles. The van der Waals surface area contributed by atoms with Crippen LogP contribution in [-0.2, 0) is 4.79 Å². The number of para-hydroxylation sites is 1.